The fourth-order valence-electron chi connectivity index (χ4n) is 3.16. The first-order valence-corrected chi connectivity index (χ1v) is 8.82. The minimum absolute atomic E-state index is 0.0298. The van der Waals surface area contributed by atoms with Gasteiger partial charge in [0.1, 0.15) is 0 Å². The molecule has 0 aliphatic heterocycles. The normalized spacial score (nSPS) is 11.0. The molecule has 1 aromatic carbocycles. The van der Waals surface area contributed by atoms with E-state index in [9.17, 15) is 9.18 Å². The van der Waals surface area contributed by atoms with Crippen LogP contribution in [-0.4, -0.2) is 27.8 Å². The average molecular weight is 391 g/mol. The number of benzene rings is 1. The molecule has 0 radical (unpaired) electrons. The second-order valence-corrected chi connectivity index (χ2v) is 6.69. The number of hydrogen-bond acceptors (Lipinski definition) is 4. The molecule has 0 bridgehead atoms. The van der Waals surface area contributed by atoms with Crippen LogP contribution >= 0.6 is 11.6 Å². The van der Waals surface area contributed by atoms with Gasteiger partial charge in [0, 0.05) is 19.2 Å². The van der Waals surface area contributed by atoms with Gasteiger partial charge in [0.25, 0.3) is 0 Å². The van der Waals surface area contributed by atoms with E-state index in [4.69, 9.17) is 16.3 Å². The molecule has 2 heterocycles. The zero-order chi connectivity index (χ0) is 19.7. The van der Waals surface area contributed by atoms with Crippen molar-refractivity contribution in [3.63, 3.8) is 0 Å². The molecule has 0 spiro atoms. The topological polar surface area (TPSA) is 69.0 Å². The van der Waals surface area contributed by atoms with Gasteiger partial charge < -0.3 is 10.1 Å². The van der Waals surface area contributed by atoms with E-state index >= 15 is 0 Å². The monoisotopic (exact) mass is 390 g/mol. The van der Waals surface area contributed by atoms with E-state index in [2.05, 4.69) is 15.4 Å². The van der Waals surface area contributed by atoms with Crippen molar-refractivity contribution in [1.82, 2.24) is 14.8 Å². The van der Waals surface area contributed by atoms with Crippen LogP contribution < -0.4 is 10.1 Å². The van der Waals surface area contributed by atoms with E-state index in [0.29, 0.717) is 12.3 Å². The van der Waals surface area contributed by atoms with Crippen LogP contribution in [-0.2, 0) is 18.3 Å². The summed E-state index contributed by atoms with van der Waals surface area (Å²) in [6.07, 6.45) is 0.649. The number of hydrogen-bond donors (Lipinski definition) is 1. The minimum atomic E-state index is -0.636. The molecule has 0 unspecified atom stereocenters. The number of aryl methyl sites for hydroxylation is 3. The highest BCUT2D eigenvalue weighted by atomic mass is 35.5. The summed E-state index contributed by atoms with van der Waals surface area (Å²) >= 11 is 5.74. The average Bonchev–Trinajstić information content (AvgIpc) is 2.95. The lowest BCUT2D eigenvalue weighted by atomic mass is 10.00. The molecule has 0 saturated carbocycles. The minimum Gasteiger partial charge on any atom is -0.479 e. The highest BCUT2D eigenvalue weighted by Gasteiger charge is 2.19. The summed E-state index contributed by atoms with van der Waals surface area (Å²) < 4.78 is 21.0. The van der Waals surface area contributed by atoms with Crippen molar-refractivity contribution in [3.8, 4) is 5.88 Å². The summed E-state index contributed by atoms with van der Waals surface area (Å²) in [5, 5.41) is 7.69. The Labute approximate surface area is 161 Å². The van der Waals surface area contributed by atoms with Crippen LogP contribution in [0.25, 0.3) is 11.0 Å². The second-order valence-electron chi connectivity index (χ2n) is 6.28. The molecule has 0 fully saturated rings. The van der Waals surface area contributed by atoms with E-state index in [0.717, 1.165) is 27.9 Å². The fourth-order valence-corrected chi connectivity index (χ4v) is 3.33. The maximum absolute atomic E-state index is 13.9. The number of carbonyl (C=O) groups excluding carboxylic acids is 1. The summed E-state index contributed by atoms with van der Waals surface area (Å²) in [5.74, 6) is -0.430. The van der Waals surface area contributed by atoms with Crippen LogP contribution in [0.15, 0.2) is 18.2 Å². The predicted molar refractivity (Wildman–Crippen MR) is 103 cm³/mol. The number of aromatic nitrogens is 3. The number of anilines is 1. The summed E-state index contributed by atoms with van der Waals surface area (Å²) in [5.41, 5.74) is 3.56. The Kier molecular flexibility index (Phi) is 5.32. The van der Waals surface area contributed by atoms with Gasteiger partial charge in [0.05, 0.1) is 23.2 Å². The molecule has 142 valence electrons. The zero-order valence-corrected chi connectivity index (χ0v) is 16.3. The Hall–Kier alpha value is -2.67. The highest BCUT2D eigenvalue weighted by Crippen LogP contribution is 2.30. The van der Waals surface area contributed by atoms with Crippen LogP contribution in [0.4, 0.5) is 10.1 Å². The number of fused-ring (bicyclic) bond motifs is 1. The van der Waals surface area contributed by atoms with Crippen molar-refractivity contribution in [2.45, 2.75) is 26.7 Å². The van der Waals surface area contributed by atoms with Gasteiger partial charge >= 0.3 is 0 Å². The number of halogens is 2. The molecule has 3 rings (SSSR count). The Balaban J connectivity index is 1.82. The standard InChI is InChI=1S/C19H20ClFN4O2/c1-10-12(11(2)22-18-16(10)19(27-4)24-25(18)3)8-9-15(26)23-14-7-5-6-13(20)17(14)21/h5-7H,8-9H2,1-4H3,(H,23,26). The van der Waals surface area contributed by atoms with E-state index in [1.165, 1.54) is 12.1 Å². The molecule has 8 heteroatoms. The number of nitrogens with zero attached hydrogens (tertiary/aromatic N) is 3. The van der Waals surface area contributed by atoms with Crippen LogP contribution in [0.5, 0.6) is 5.88 Å². The molecule has 0 aliphatic rings. The summed E-state index contributed by atoms with van der Waals surface area (Å²) in [6.45, 7) is 3.86. The first kappa shape index (κ1) is 19.1. The van der Waals surface area contributed by atoms with Gasteiger partial charge in [0.15, 0.2) is 11.5 Å². The van der Waals surface area contributed by atoms with Gasteiger partial charge in [-0.25, -0.2) is 14.1 Å². The number of rotatable bonds is 5. The van der Waals surface area contributed by atoms with Crippen LogP contribution in [0.1, 0.15) is 23.2 Å². The third kappa shape index (κ3) is 3.60. The third-order valence-corrected chi connectivity index (χ3v) is 4.84. The molecule has 6 nitrogen and oxygen atoms in total. The van der Waals surface area contributed by atoms with Gasteiger partial charge in [0.2, 0.25) is 11.8 Å². The van der Waals surface area contributed by atoms with Gasteiger partial charge in [-0.3, -0.25) is 4.79 Å². The van der Waals surface area contributed by atoms with Gasteiger partial charge in [-0.05, 0) is 43.5 Å². The number of amides is 1. The summed E-state index contributed by atoms with van der Waals surface area (Å²) in [6, 6.07) is 4.49. The molecule has 2 aromatic heterocycles. The molecule has 0 saturated heterocycles. The quantitative estimate of drug-likeness (QED) is 0.716. The van der Waals surface area contributed by atoms with Crippen LogP contribution in [0, 0.1) is 19.7 Å². The number of ether oxygens (including phenoxy) is 1. The van der Waals surface area contributed by atoms with Crippen LogP contribution in [0.2, 0.25) is 5.02 Å². The predicted octanol–water partition coefficient (Wildman–Crippen LogP) is 3.96. The van der Waals surface area contributed by atoms with Crippen molar-refractivity contribution >= 4 is 34.2 Å². The van der Waals surface area contributed by atoms with E-state index in [-0.39, 0.29) is 23.0 Å². The summed E-state index contributed by atoms with van der Waals surface area (Å²) in [4.78, 5) is 16.9. The highest BCUT2D eigenvalue weighted by molar-refractivity contribution is 6.31. The lowest BCUT2D eigenvalue weighted by molar-refractivity contribution is -0.116. The Morgan fingerprint density at radius 2 is 2.11 bits per heavy atom. The number of carbonyl (C=O) groups is 1. The number of methoxy groups -OCH3 is 1. The maximum Gasteiger partial charge on any atom is 0.242 e. The second kappa shape index (κ2) is 7.52. The largest absolute Gasteiger partial charge is 0.479 e. The van der Waals surface area contributed by atoms with Gasteiger partial charge in [-0.1, -0.05) is 17.7 Å². The molecular weight excluding hydrogens is 371 g/mol. The molecule has 1 amide bonds. The van der Waals surface area contributed by atoms with Gasteiger partial charge in [-0.15, -0.1) is 5.10 Å². The van der Waals surface area contributed by atoms with Crippen molar-refractivity contribution in [3.05, 3.63) is 45.9 Å². The number of nitrogens with one attached hydrogen (secondary N) is 1. The molecular formula is C19H20ClFN4O2. The number of pyridine rings is 1. The Bertz CT molecular complexity index is 1030. The van der Waals surface area contributed by atoms with E-state index in [1.807, 2.05) is 20.9 Å². The molecule has 27 heavy (non-hydrogen) atoms. The Morgan fingerprint density at radius 3 is 2.81 bits per heavy atom. The Morgan fingerprint density at radius 1 is 1.37 bits per heavy atom. The SMILES string of the molecule is COc1nn(C)c2nc(C)c(CCC(=O)Nc3cccc(Cl)c3F)c(C)c12. The van der Waals surface area contributed by atoms with Crippen molar-refractivity contribution in [2.24, 2.45) is 7.05 Å². The van der Waals surface area contributed by atoms with Crippen LogP contribution in [0.3, 0.4) is 0 Å². The first-order chi connectivity index (χ1) is 12.8. The zero-order valence-electron chi connectivity index (χ0n) is 15.6. The lowest BCUT2D eigenvalue weighted by Crippen LogP contribution is -2.14. The smallest absolute Gasteiger partial charge is 0.242 e. The van der Waals surface area contributed by atoms with Crippen molar-refractivity contribution in [1.29, 1.82) is 0 Å². The fraction of sp³-hybridized carbons (Fsp3) is 0.316. The van der Waals surface area contributed by atoms with Crippen molar-refractivity contribution < 1.29 is 13.9 Å². The van der Waals surface area contributed by atoms with E-state index in [1.54, 1.807) is 17.9 Å². The van der Waals surface area contributed by atoms with Crippen molar-refractivity contribution in [2.75, 3.05) is 12.4 Å². The maximum atomic E-state index is 13.9. The molecule has 0 atom stereocenters. The molecule has 1 N–H and O–H groups in total. The first-order valence-electron chi connectivity index (χ1n) is 8.44. The lowest BCUT2D eigenvalue weighted by Gasteiger charge is -2.12. The third-order valence-electron chi connectivity index (χ3n) is 4.54. The van der Waals surface area contributed by atoms with E-state index < -0.39 is 5.82 Å². The summed E-state index contributed by atoms with van der Waals surface area (Å²) in [7, 11) is 3.37. The van der Waals surface area contributed by atoms with Gasteiger partial charge in [-0.2, -0.15) is 0 Å². The molecule has 0 aliphatic carbocycles. The molecule has 3 aromatic rings.